The molecule has 3 rings (SSSR count). The summed E-state index contributed by atoms with van der Waals surface area (Å²) in [5.74, 6) is 0. The molecule has 4 nitrogen and oxygen atoms in total. The molecule has 0 aromatic heterocycles. The number of alkyl halides is 3. The molecular weight excluding hydrogens is 437 g/mol. The van der Waals surface area contributed by atoms with Crippen LogP contribution in [0.4, 0.5) is 18.9 Å². The Bertz CT molecular complexity index is 1190. The molecule has 0 fully saturated rings. The van der Waals surface area contributed by atoms with Crippen molar-refractivity contribution >= 4 is 15.7 Å². The van der Waals surface area contributed by atoms with Crippen LogP contribution in [0.5, 0.6) is 0 Å². The van der Waals surface area contributed by atoms with Crippen molar-refractivity contribution < 1.29 is 21.6 Å². The number of rotatable bonds is 7. The van der Waals surface area contributed by atoms with Crippen LogP contribution in [-0.2, 0) is 29.3 Å². The number of hydrogen-bond donors (Lipinski definition) is 0. The molecule has 0 aliphatic carbocycles. The number of halogens is 3. The van der Waals surface area contributed by atoms with E-state index in [1.807, 2.05) is 35.2 Å². The Morgan fingerprint density at radius 2 is 1.38 bits per heavy atom. The third-order valence-electron chi connectivity index (χ3n) is 4.91. The van der Waals surface area contributed by atoms with E-state index in [0.29, 0.717) is 18.8 Å². The van der Waals surface area contributed by atoms with Gasteiger partial charge in [0.2, 0.25) is 0 Å². The summed E-state index contributed by atoms with van der Waals surface area (Å²) in [4.78, 5) is 1.98. The van der Waals surface area contributed by atoms with Crippen molar-refractivity contribution in [2.75, 3.05) is 11.9 Å². The number of anilines is 1. The molecule has 0 saturated carbocycles. The van der Waals surface area contributed by atoms with Crippen LogP contribution in [0, 0.1) is 12.5 Å². The van der Waals surface area contributed by atoms with Crippen LogP contribution in [0.25, 0.3) is 0 Å². The van der Waals surface area contributed by atoms with Gasteiger partial charge in [0, 0.05) is 31.9 Å². The average molecular weight is 459 g/mol. The van der Waals surface area contributed by atoms with Crippen molar-refractivity contribution in [3.05, 3.63) is 95.6 Å². The second-order valence-electron chi connectivity index (χ2n) is 7.13. The largest absolute Gasteiger partial charge is 0.416 e. The van der Waals surface area contributed by atoms with Gasteiger partial charge < -0.3 is 4.90 Å². The molecule has 0 atom stereocenters. The van der Waals surface area contributed by atoms with E-state index in [-0.39, 0.29) is 4.90 Å². The predicted molar refractivity (Wildman–Crippen MR) is 118 cm³/mol. The third kappa shape index (κ3) is 5.42. The van der Waals surface area contributed by atoms with Crippen molar-refractivity contribution in [2.45, 2.75) is 24.2 Å². The quantitative estimate of drug-likeness (QED) is 0.364. The zero-order valence-corrected chi connectivity index (χ0v) is 18.1. The van der Waals surface area contributed by atoms with Gasteiger partial charge >= 0.3 is 6.18 Å². The lowest BCUT2D eigenvalue weighted by atomic mass is 10.1. The number of hydrogen-bond acceptors (Lipinski definition) is 3. The van der Waals surface area contributed by atoms with Crippen molar-refractivity contribution in [1.29, 1.82) is 0 Å². The Kier molecular flexibility index (Phi) is 6.80. The molecule has 0 amide bonds. The van der Waals surface area contributed by atoms with Gasteiger partial charge in [-0.15, -0.1) is 0 Å². The van der Waals surface area contributed by atoms with E-state index in [2.05, 4.69) is 6.04 Å². The van der Waals surface area contributed by atoms with Gasteiger partial charge in [-0.2, -0.15) is 13.2 Å². The lowest BCUT2D eigenvalue weighted by molar-refractivity contribution is -0.137. The first-order valence-corrected chi connectivity index (χ1v) is 11.1. The van der Waals surface area contributed by atoms with E-state index in [0.717, 1.165) is 27.6 Å². The van der Waals surface area contributed by atoms with E-state index >= 15 is 0 Å². The summed E-state index contributed by atoms with van der Waals surface area (Å²) in [5, 5.41) is 0. The highest BCUT2D eigenvalue weighted by molar-refractivity contribution is 7.89. The van der Waals surface area contributed by atoms with E-state index in [4.69, 9.17) is 6.42 Å². The second kappa shape index (κ2) is 9.37. The maximum Gasteiger partial charge on any atom is 0.416 e. The van der Waals surface area contributed by atoms with Gasteiger partial charge in [-0.25, -0.2) is 12.7 Å². The van der Waals surface area contributed by atoms with E-state index in [9.17, 15) is 21.6 Å². The zero-order valence-electron chi connectivity index (χ0n) is 17.3. The normalized spacial score (nSPS) is 11.6. The first kappa shape index (κ1) is 23.2. The van der Waals surface area contributed by atoms with Gasteiger partial charge in [-0.1, -0.05) is 48.9 Å². The Morgan fingerprint density at radius 1 is 0.844 bits per heavy atom. The molecule has 0 saturated heterocycles. The minimum atomic E-state index is -4.41. The fourth-order valence-electron chi connectivity index (χ4n) is 3.12. The van der Waals surface area contributed by atoms with Gasteiger partial charge in [0.25, 0.3) is 10.0 Å². The van der Waals surface area contributed by atoms with Gasteiger partial charge in [0.05, 0.1) is 10.5 Å². The minimum absolute atomic E-state index is 0.0610. The maximum absolute atomic E-state index is 13.0. The molecule has 0 N–H and O–H groups in total. The Hall–Kier alpha value is -3.44. The van der Waals surface area contributed by atoms with Crippen LogP contribution >= 0.6 is 0 Å². The highest BCUT2D eigenvalue weighted by atomic mass is 32.2. The molecule has 166 valence electrons. The van der Waals surface area contributed by atoms with Crippen LogP contribution < -0.4 is 4.90 Å². The smallest absolute Gasteiger partial charge is 0.363 e. The first-order chi connectivity index (χ1) is 15.1. The first-order valence-electron chi connectivity index (χ1n) is 9.61. The SMILES string of the molecule is C#CN(C)S(=O)(=O)c1ccc(CN(Cc2ccccc2)c2ccc(C(F)(F)F)cc2)cc1. The van der Waals surface area contributed by atoms with Gasteiger partial charge in [0.1, 0.15) is 0 Å². The summed E-state index contributed by atoms with van der Waals surface area (Å²) < 4.78 is 64.4. The molecule has 0 unspecified atom stereocenters. The fraction of sp³-hybridized carbons (Fsp3) is 0.167. The standard InChI is InChI=1S/C24H21F3N2O2S/c1-3-28(2)32(30,31)23-15-9-20(10-16-23)18-29(17-19-7-5-4-6-8-19)22-13-11-21(12-14-22)24(25,26)27/h1,4-16H,17-18H2,2H3. The predicted octanol–water partition coefficient (Wildman–Crippen LogP) is 5.12. The number of sulfonamides is 1. The summed E-state index contributed by atoms with van der Waals surface area (Å²) >= 11 is 0. The molecule has 0 radical (unpaired) electrons. The van der Waals surface area contributed by atoms with Crippen molar-refractivity contribution in [3.63, 3.8) is 0 Å². The van der Waals surface area contributed by atoms with Crippen LogP contribution in [0.1, 0.15) is 16.7 Å². The topological polar surface area (TPSA) is 40.6 Å². The molecule has 3 aromatic rings. The maximum atomic E-state index is 13.0. The highest BCUT2D eigenvalue weighted by Gasteiger charge is 2.30. The van der Waals surface area contributed by atoms with E-state index in [1.54, 1.807) is 12.1 Å². The van der Waals surface area contributed by atoms with Gasteiger partial charge in [-0.3, -0.25) is 0 Å². The highest BCUT2D eigenvalue weighted by Crippen LogP contribution is 2.31. The molecule has 8 heteroatoms. The molecule has 0 bridgehead atoms. The minimum Gasteiger partial charge on any atom is -0.363 e. The Labute approximate surface area is 186 Å². The molecular formula is C24H21F3N2O2S. The molecule has 0 heterocycles. The molecule has 0 aliphatic heterocycles. The van der Waals surface area contributed by atoms with E-state index < -0.39 is 21.8 Å². The summed E-state index contributed by atoms with van der Waals surface area (Å²) in [6, 6.07) is 22.8. The summed E-state index contributed by atoms with van der Waals surface area (Å²) in [5.41, 5.74) is 1.68. The van der Waals surface area contributed by atoms with E-state index in [1.165, 1.54) is 31.3 Å². The van der Waals surface area contributed by atoms with Crippen molar-refractivity contribution in [1.82, 2.24) is 4.31 Å². The average Bonchev–Trinajstić information content (AvgIpc) is 2.78. The Balaban J connectivity index is 1.88. The zero-order chi connectivity index (χ0) is 23.4. The number of nitrogens with zero attached hydrogens (tertiary/aromatic N) is 2. The third-order valence-corrected chi connectivity index (χ3v) is 6.61. The van der Waals surface area contributed by atoms with Gasteiger partial charge in [0.15, 0.2) is 0 Å². The van der Waals surface area contributed by atoms with Crippen LogP contribution in [0.3, 0.4) is 0 Å². The van der Waals surface area contributed by atoms with Crippen LogP contribution in [-0.4, -0.2) is 19.8 Å². The number of terminal acetylenes is 1. The summed E-state index contributed by atoms with van der Waals surface area (Å²) in [6.45, 7) is 0.831. The fourth-order valence-corrected chi connectivity index (χ4v) is 4.05. The summed E-state index contributed by atoms with van der Waals surface area (Å²) in [7, 11) is -2.49. The molecule has 32 heavy (non-hydrogen) atoms. The lowest BCUT2D eigenvalue weighted by Crippen LogP contribution is -2.23. The summed E-state index contributed by atoms with van der Waals surface area (Å²) in [6.07, 6.45) is 0.779. The van der Waals surface area contributed by atoms with Crippen molar-refractivity contribution in [3.8, 4) is 12.5 Å². The lowest BCUT2D eigenvalue weighted by Gasteiger charge is -2.26. The van der Waals surface area contributed by atoms with Crippen molar-refractivity contribution in [2.24, 2.45) is 0 Å². The molecule has 0 aliphatic rings. The monoisotopic (exact) mass is 458 g/mol. The van der Waals surface area contributed by atoms with Crippen LogP contribution in [0.2, 0.25) is 0 Å². The Morgan fingerprint density at radius 3 is 1.88 bits per heavy atom. The molecule has 0 spiro atoms. The number of benzene rings is 3. The van der Waals surface area contributed by atoms with Crippen LogP contribution in [0.15, 0.2) is 83.8 Å². The second-order valence-corrected chi connectivity index (χ2v) is 9.10. The molecule has 3 aromatic carbocycles. The van der Waals surface area contributed by atoms with Gasteiger partial charge in [-0.05, 0) is 47.5 Å².